The lowest BCUT2D eigenvalue weighted by molar-refractivity contribution is -0.125. The molecule has 0 aromatic rings. The normalized spacial score (nSPS) is 31.4. The van der Waals surface area contributed by atoms with Gasteiger partial charge in [-0.2, -0.15) is 0 Å². The number of hydrogen-bond acceptors (Lipinski definition) is 3. The van der Waals surface area contributed by atoms with Crippen molar-refractivity contribution in [3.63, 3.8) is 0 Å². The SMILES string of the molecule is CC(C)C(C)NC(=O)CN1C(C)CC(O)CC1C. The number of carbonyl (C=O) groups excluding carboxylic acids is 1. The third kappa shape index (κ3) is 4.25. The third-order valence-corrected chi connectivity index (χ3v) is 4.07. The maximum absolute atomic E-state index is 12.0. The molecule has 0 bridgehead atoms. The molecule has 1 aliphatic heterocycles. The Hall–Kier alpha value is -0.610. The highest BCUT2D eigenvalue weighted by atomic mass is 16.3. The molecule has 18 heavy (non-hydrogen) atoms. The fourth-order valence-electron chi connectivity index (χ4n) is 2.53. The quantitative estimate of drug-likeness (QED) is 0.799. The molecule has 0 aromatic heterocycles. The molecule has 1 amide bonds. The molecule has 0 saturated carbocycles. The first-order chi connectivity index (χ1) is 8.31. The Morgan fingerprint density at radius 1 is 1.28 bits per heavy atom. The van der Waals surface area contributed by atoms with Gasteiger partial charge in [0, 0.05) is 18.1 Å². The summed E-state index contributed by atoms with van der Waals surface area (Å²) in [5.74, 6) is 0.540. The first kappa shape index (κ1) is 15.4. The maximum atomic E-state index is 12.0. The Labute approximate surface area is 111 Å². The minimum Gasteiger partial charge on any atom is -0.393 e. The number of likely N-dealkylation sites (tertiary alicyclic amines) is 1. The molecule has 3 unspecified atom stereocenters. The van der Waals surface area contributed by atoms with Gasteiger partial charge in [-0.3, -0.25) is 9.69 Å². The standard InChI is InChI=1S/C14H28N2O2/c1-9(2)12(5)15-14(18)8-16-10(3)6-13(17)7-11(16)4/h9-13,17H,6-8H2,1-5H3,(H,15,18). The average Bonchev–Trinajstić information content (AvgIpc) is 2.23. The van der Waals surface area contributed by atoms with Crippen LogP contribution in [0.3, 0.4) is 0 Å². The molecule has 1 saturated heterocycles. The molecule has 0 radical (unpaired) electrons. The van der Waals surface area contributed by atoms with Gasteiger partial charge in [-0.05, 0) is 39.5 Å². The van der Waals surface area contributed by atoms with Gasteiger partial charge in [-0.15, -0.1) is 0 Å². The van der Waals surface area contributed by atoms with Crippen LogP contribution >= 0.6 is 0 Å². The number of aliphatic hydroxyl groups is 1. The molecular weight excluding hydrogens is 228 g/mol. The zero-order chi connectivity index (χ0) is 13.9. The van der Waals surface area contributed by atoms with Crippen LogP contribution in [-0.4, -0.2) is 46.7 Å². The molecule has 1 heterocycles. The summed E-state index contributed by atoms with van der Waals surface area (Å²) in [6.07, 6.45) is 1.30. The van der Waals surface area contributed by atoms with Crippen LogP contribution in [0.5, 0.6) is 0 Å². The zero-order valence-corrected chi connectivity index (χ0v) is 12.3. The fourth-order valence-corrected chi connectivity index (χ4v) is 2.53. The summed E-state index contributed by atoms with van der Waals surface area (Å²) in [5.41, 5.74) is 0. The largest absolute Gasteiger partial charge is 0.393 e. The Kier molecular flexibility index (Phi) is 5.60. The predicted octanol–water partition coefficient (Wildman–Crippen LogP) is 1.38. The van der Waals surface area contributed by atoms with E-state index in [9.17, 15) is 9.90 Å². The van der Waals surface area contributed by atoms with Crippen molar-refractivity contribution in [2.75, 3.05) is 6.54 Å². The molecule has 4 heteroatoms. The van der Waals surface area contributed by atoms with Crippen LogP contribution in [0, 0.1) is 5.92 Å². The highest BCUT2D eigenvalue weighted by Crippen LogP contribution is 2.22. The fraction of sp³-hybridized carbons (Fsp3) is 0.929. The lowest BCUT2D eigenvalue weighted by Crippen LogP contribution is -2.53. The van der Waals surface area contributed by atoms with Crippen molar-refractivity contribution < 1.29 is 9.90 Å². The molecule has 1 rings (SSSR count). The molecule has 106 valence electrons. The number of hydrogen-bond donors (Lipinski definition) is 2. The Morgan fingerprint density at radius 3 is 2.22 bits per heavy atom. The van der Waals surface area contributed by atoms with Crippen LogP contribution in [-0.2, 0) is 4.79 Å². The minimum atomic E-state index is -0.219. The second-order valence-electron chi connectivity index (χ2n) is 6.10. The summed E-state index contributed by atoms with van der Waals surface area (Å²) in [6, 6.07) is 0.742. The summed E-state index contributed by atoms with van der Waals surface area (Å²) in [5, 5.41) is 12.7. The van der Waals surface area contributed by atoms with E-state index in [-0.39, 0.29) is 30.1 Å². The number of nitrogens with zero attached hydrogens (tertiary/aromatic N) is 1. The average molecular weight is 256 g/mol. The summed E-state index contributed by atoms with van der Waals surface area (Å²) in [7, 11) is 0. The van der Waals surface area contributed by atoms with Gasteiger partial charge in [0.05, 0.1) is 12.6 Å². The summed E-state index contributed by atoms with van der Waals surface area (Å²) in [6.45, 7) is 10.8. The zero-order valence-electron chi connectivity index (χ0n) is 12.3. The highest BCUT2D eigenvalue weighted by molar-refractivity contribution is 5.78. The minimum absolute atomic E-state index is 0.0892. The number of aliphatic hydroxyl groups excluding tert-OH is 1. The van der Waals surface area contributed by atoms with E-state index in [4.69, 9.17) is 0 Å². The van der Waals surface area contributed by atoms with Crippen LogP contribution in [0.4, 0.5) is 0 Å². The Balaban J connectivity index is 2.48. The van der Waals surface area contributed by atoms with E-state index >= 15 is 0 Å². The molecule has 0 aliphatic carbocycles. The summed E-state index contributed by atoms with van der Waals surface area (Å²) >= 11 is 0. The van der Waals surface area contributed by atoms with E-state index in [0.29, 0.717) is 12.5 Å². The molecular formula is C14H28N2O2. The molecule has 0 spiro atoms. The van der Waals surface area contributed by atoms with Crippen molar-refractivity contribution >= 4 is 5.91 Å². The number of nitrogens with one attached hydrogen (secondary N) is 1. The Bertz CT molecular complexity index is 269. The molecule has 0 aromatic carbocycles. The van der Waals surface area contributed by atoms with Gasteiger partial charge < -0.3 is 10.4 Å². The van der Waals surface area contributed by atoms with Crippen molar-refractivity contribution in [3.05, 3.63) is 0 Å². The van der Waals surface area contributed by atoms with E-state index in [0.717, 1.165) is 12.8 Å². The van der Waals surface area contributed by atoms with Crippen LogP contribution in [0.1, 0.15) is 47.5 Å². The predicted molar refractivity (Wildman–Crippen MR) is 73.3 cm³/mol. The van der Waals surface area contributed by atoms with E-state index in [1.165, 1.54) is 0 Å². The Morgan fingerprint density at radius 2 is 1.78 bits per heavy atom. The van der Waals surface area contributed by atoms with Crippen molar-refractivity contribution in [1.82, 2.24) is 10.2 Å². The van der Waals surface area contributed by atoms with Crippen LogP contribution < -0.4 is 5.32 Å². The molecule has 4 nitrogen and oxygen atoms in total. The topological polar surface area (TPSA) is 52.6 Å². The smallest absolute Gasteiger partial charge is 0.234 e. The number of amides is 1. The number of piperidine rings is 1. The molecule has 1 aliphatic rings. The van der Waals surface area contributed by atoms with Crippen molar-refractivity contribution in [2.24, 2.45) is 5.92 Å². The third-order valence-electron chi connectivity index (χ3n) is 4.07. The van der Waals surface area contributed by atoms with E-state index in [1.54, 1.807) is 0 Å². The van der Waals surface area contributed by atoms with Crippen molar-refractivity contribution in [2.45, 2.75) is 71.7 Å². The first-order valence-electron chi connectivity index (χ1n) is 7.04. The second-order valence-corrected chi connectivity index (χ2v) is 6.10. The van der Waals surface area contributed by atoms with Crippen LogP contribution in [0.25, 0.3) is 0 Å². The first-order valence-corrected chi connectivity index (χ1v) is 7.04. The monoisotopic (exact) mass is 256 g/mol. The van der Waals surface area contributed by atoms with Crippen LogP contribution in [0.15, 0.2) is 0 Å². The van der Waals surface area contributed by atoms with E-state index in [2.05, 4.69) is 37.9 Å². The van der Waals surface area contributed by atoms with E-state index in [1.807, 2.05) is 6.92 Å². The number of rotatable bonds is 4. The van der Waals surface area contributed by atoms with E-state index < -0.39 is 0 Å². The van der Waals surface area contributed by atoms with Gasteiger partial charge in [-0.25, -0.2) is 0 Å². The lowest BCUT2D eigenvalue weighted by atomic mass is 9.95. The maximum Gasteiger partial charge on any atom is 0.234 e. The summed E-state index contributed by atoms with van der Waals surface area (Å²) < 4.78 is 0. The van der Waals surface area contributed by atoms with Crippen molar-refractivity contribution in [1.29, 1.82) is 0 Å². The van der Waals surface area contributed by atoms with Gasteiger partial charge >= 0.3 is 0 Å². The van der Waals surface area contributed by atoms with Gasteiger partial charge in [-0.1, -0.05) is 13.8 Å². The second kappa shape index (κ2) is 6.53. The van der Waals surface area contributed by atoms with Gasteiger partial charge in [0.2, 0.25) is 5.91 Å². The van der Waals surface area contributed by atoms with Gasteiger partial charge in [0.15, 0.2) is 0 Å². The highest BCUT2D eigenvalue weighted by Gasteiger charge is 2.31. The molecule has 3 atom stereocenters. The van der Waals surface area contributed by atoms with Crippen molar-refractivity contribution in [3.8, 4) is 0 Å². The number of carbonyl (C=O) groups is 1. The van der Waals surface area contributed by atoms with Gasteiger partial charge in [0.1, 0.15) is 0 Å². The van der Waals surface area contributed by atoms with Crippen LogP contribution in [0.2, 0.25) is 0 Å². The molecule has 2 N–H and O–H groups in total. The molecule has 1 fully saturated rings. The summed E-state index contributed by atoms with van der Waals surface area (Å²) in [4.78, 5) is 14.2. The lowest BCUT2D eigenvalue weighted by Gasteiger charge is -2.40. The van der Waals surface area contributed by atoms with Gasteiger partial charge in [0.25, 0.3) is 0 Å².